The lowest BCUT2D eigenvalue weighted by atomic mass is 10.0. The van der Waals surface area contributed by atoms with Crippen LogP contribution in [-0.2, 0) is 0 Å². The third-order valence-corrected chi connectivity index (χ3v) is 2.37. The summed E-state index contributed by atoms with van der Waals surface area (Å²) in [4.78, 5) is 0. The Morgan fingerprint density at radius 3 is 2.00 bits per heavy atom. The zero-order valence-corrected chi connectivity index (χ0v) is 8.64. The van der Waals surface area contributed by atoms with Gasteiger partial charge in [-0.25, -0.2) is 0 Å². The molecule has 16 heavy (non-hydrogen) atoms. The number of nitriles is 1. The Balaban J connectivity index is 2.32. The Kier molecular flexibility index (Phi) is 2.79. The molecule has 0 radical (unpaired) electrons. The first-order chi connectivity index (χ1) is 7.81. The van der Waals surface area contributed by atoms with Crippen LogP contribution in [0, 0.1) is 16.7 Å². The number of rotatable bonds is 2. The van der Waals surface area contributed by atoms with E-state index in [0.717, 1.165) is 11.1 Å². The number of nitrogens with zero attached hydrogens (tertiary/aromatic N) is 1. The van der Waals surface area contributed by atoms with Crippen LogP contribution in [0.1, 0.15) is 16.7 Å². The molecule has 0 bridgehead atoms. The van der Waals surface area contributed by atoms with Crippen LogP contribution in [0.15, 0.2) is 54.6 Å². The van der Waals surface area contributed by atoms with Gasteiger partial charge in [-0.05, 0) is 17.7 Å². The second kappa shape index (κ2) is 4.41. The third-order valence-electron chi connectivity index (χ3n) is 2.37. The van der Waals surface area contributed by atoms with Gasteiger partial charge in [0, 0.05) is 5.56 Å². The van der Waals surface area contributed by atoms with E-state index in [-0.39, 0.29) is 0 Å². The quantitative estimate of drug-likeness (QED) is 0.754. The normalized spacial score (nSPS) is 9.44. The molecule has 0 heterocycles. The van der Waals surface area contributed by atoms with Gasteiger partial charge >= 0.3 is 0 Å². The molecule has 76 valence electrons. The van der Waals surface area contributed by atoms with Gasteiger partial charge in [0.05, 0.1) is 17.3 Å². The predicted octanol–water partition coefficient (Wildman–Crippen LogP) is 2.97. The Labute approximate surface area is 94.3 Å². The topological polar surface area (TPSA) is 47.6 Å². The lowest BCUT2D eigenvalue weighted by Gasteiger charge is -2.03. The Bertz CT molecular complexity index is 533. The Morgan fingerprint density at radius 2 is 1.44 bits per heavy atom. The molecule has 2 aromatic carbocycles. The van der Waals surface area contributed by atoms with Crippen molar-refractivity contribution < 1.29 is 0 Å². The fraction of sp³-hybridized carbons (Fsp3) is 0. The number of hydrogen-bond acceptors (Lipinski definition) is 2. The first-order valence-electron chi connectivity index (χ1n) is 4.96. The molecular weight excluding hydrogens is 196 g/mol. The minimum Gasteiger partial charge on any atom is -0.300 e. The molecule has 2 aromatic rings. The molecule has 0 saturated heterocycles. The van der Waals surface area contributed by atoms with E-state index in [2.05, 4.69) is 6.07 Å². The average Bonchev–Trinajstić information content (AvgIpc) is 2.39. The maximum atomic E-state index is 8.68. The molecule has 0 aliphatic heterocycles. The smallest absolute Gasteiger partial charge is 0.0991 e. The van der Waals surface area contributed by atoms with E-state index >= 15 is 0 Å². The summed E-state index contributed by atoms with van der Waals surface area (Å²) in [5.41, 5.74) is 2.80. The minimum atomic E-state index is 0.477. The lowest BCUT2D eigenvalue weighted by Crippen LogP contribution is -2.00. The van der Waals surface area contributed by atoms with Crippen molar-refractivity contribution in [3.05, 3.63) is 71.3 Å². The van der Waals surface area contributed by atoms with Gasteiger partial charge in [-0.3, -0.25) is 5.41 Å². The second-order valence-corrected chi connectivity index (χ2v) is 3.43. The fourth-order valence-electron chi connectivity index (χ4n) is 1.48. The first kappa shape index (κ1) is 10.1. The molecule has 2 heteroatoms. The summed E-state index contributed by atoms with van der Waals surface area (Å²) in [6, 6.07) is 18.7. The summed E-state index contributed by atoms with van der Waals surface area (Å²) >= 11 is 0. The van der Waals surface area contributed by atoms with Gasteiger partial charge in [0.15, 0.2) is 0 Å². The first-order valence-corrected chi connectivity index (χ1v) is 4.96. The van der Waals surface area contributed by atoms with E-state index < -0.39 is 0 Å². The summed E-state index contributed by atoms with van der Waals surface area (Å²) in [6.45, 7) is 0. The van der Waals surface area contributed by atoms with Gasteiger partial charge in [0.25, 0.3) is 0 Å². The van der Waals surface area contributed by atoms with Gasteiger partial charge in [-0.2, -0.15) is 5.26 Å². The molecule has 0 spiro atoms. The van der Waals surface area contributed by atoms with Gasteiger partial charge in [-0.1, -0.05) is 42.5 Å². The van der Waals surface area contributed by atoms with Crippen molar-refractivity contribution in [2.45, 2.75) is 0 Å². The van der Waals surface area contributed by atoms with E-state index in [9.17, 15) is 0 Å². The number of nitrogens with one attached hydrogen (secondary N) is 1. The van der Waals surface area contributed by atoms with Crippen molar-refractivity contribution in [3.8, 4) is 6.07 Å². The van der Waals surface area contributed by atoms with Crippen molar-refractivity contribution in [1.82, 2.24) is 0 Å². The van der Waals surface area contributed by atoms with Gasteiger partial charge in [0.2, 0.25) is 0 Å². The molecule has 0 fully saturated rings. The summed E-state index contributed by atoms with van der Waals surface area (Å²) in [7, 11) is 0. The van der Waals surface area contributed by atoms with Crippen molar-refractivity contribution in [2.75, 3.05) is 0 Å². The summed E-state index contributed by atoms with van der Waals surface area (Å²) in [5, 5.41) is 16.7. The van der Waals surface area contributed by atoms with Crippen LogP contribution in [-0.4, -0.2) is 5.71 Å². The van der Waals surface area contributed by atoms with Crippen molar-refractivity contribution in [2.24, 2.45) is 0 Å². The van der Waals surface area contributed by atoms with Crippen molar-refractivity contribution >= 4 is 5.71 Å². The molecule has 0 amide bonds. The van der Waals surface area contributed by atoms with E-state index in [1.165, 1.54) is 0 Å². The van der Waals surface area contributed by atoms with E-state index in [0.29, 0.717) is 11.3 Å². The van der Waals surface area contributed by atoms with E-state index in [4.69, 9.17) is 10.7 Å². The molecular formula is C14H10N2. The third kappa shape index (κ3) is 1.99. The monoisotopic (exact) mass is 206 g/mol. The molecule has 2 rings (SSSR count). The van der Waals surface area contributed by atoms with Crippen LogP contribution in [0.2, 0.25) is 0 Å². The fourth-order valence-corrected chi connectivity index (χ4v) is 1.48. The van der Waals surface area contributed by atoms with Crippen LogP contribution in [0.5, 0.6) is 0 Å². The van der Waals surface area contributed by atoms with Crippen LogP contribution in [0.4, 0.5) is 0 Å². The largest absolute Gasteiger partial charge is 0.300 e. The number of benzene rings is 2. The highest BCUT2D eigenvalue weighted by Gasteiger charge is 2.03. The second-order valence-electron chi connectivity index (χ2n) is 3.43. The highest BCUT2D eigenvalue weighted by Crippen LogP contribution is 2.10. The number of hydrogen-bond donors (Lipinski definition) is 1. The maximum Gasteiger partial charge on any atom is 0.0991 e. The molecule has 2 nitrogen and oxygen atoms in total. The zero-order valence-electron chi connectivity index (χ0n) is 8.64. The standard InChI is InChI=1S/C14H10N2/c15-10-11-6-8-13(9-7-11)14(16)12-4-2-1-3-5-12/h1-9,16H. The minimum absolute atomic E-state index is 0.477. The molecule has 0 aliphatic carbocycles. The van der Waals surface area contributed by atoms with Crippen LogP contribution in [0.25, 0.3) is 0 Å². The van der Waals surface area contributed by atoms with Crippen molar-refractivity contribution in [1.29, 1.82) is 10.7 Å². The highest BCUT2D eigenvalue weighted by molar-refractivity contribution is 6.10. The predicted molar refractivity (Wildman–Crippen MR) is 63.5 cm³/mol. The summed E-state index contributed by atoms with van der Waals surface area (Å²) in [6.07, 6.45) is 0. The van der Waals surface area contributed by atoms with Crippen molar-refractivity contribution in [3.63, 3.8) is 0 Å². The molecule has 0 saturated carbocycles. The zero-order chi connectivity index (χ0) is 11.4. The molecule has 0 unspecified atom stereocenters. The lowest BCUT2D eigenvalue weighted by molar-refractivity contribution is 1.44. The SMILES string of the molecule is N#Cc1ccc(C(=N)c2ccccc2)cc1. The van der Waals surface area contributed by atoms with Gasteiger partial charge < -0.3 is 0 Å². The average molecular weight is 206 g/mol. The van der Waals surface area contributed by atoms with Gasteiger partial charge in [-0.15, -0.1) is 0 Å². The van der Waals surface area contributed by atoms with Crippen LogP contribution < -0.4 is 0 Å². The highest BCUT2D eigenvalue weighted by atomic mass is 14.4. The molecule has 0 atom stereocenters. The van der Waals surface area contributed by atoms with Gasteiger partial charge in [0.1, 0.15) is 0 Å². The van der Waals surface area contributed by atoms with E-state index in [1.54, 1.807) is 24.3 Å². The van der Waals surface area contributed by atoms with E-state index in [1.807, 2.05) is 30.3 Å². The Morgan fingerprint density at radius 1 is 0.875 bits per heavy atom. The molecule has 0 aliphatic rings. The van der Waals surface area contributed by atoms with Crippen LogP contribution >= 0.6 is 0 Å². The summed E-state index contributed by atoms with van der Waals surface area (Å²) in [5.74, 6) is 0. The maximum absolute atomic E-state index is 8.68. The van der Waals surface area contributed by atoms with Crippen LogP contribution in [0.3, 0.4) is 0 Å². The summed E-state index contributed by atoms with van der Waals surface area (Å²) < 4.78 is 0. The Hall–Kier alpha value is -2.40. The molecule has 0 aromatic heterocycles. The molecule has 1 N–H and O–H groups in total.